The lowest BCUT2D eigenvalue weighted by Gasteiger charge is -2.11. The van der Waals surface area contributed by atoms with Crippen molar-refractivity contribution >= 4 is 17.6 Å². The van der Waals surface area contributed by atoms with Gasteiger partial charge >= 0.3 is 5.97 Å². The van der Waals surface area contributed by atoms with E-state index in [9.17, 15) is 4.79 Å². The number of carbonyl (C=O) groups excluding carboxylic acids is 1. The summed E-state index contributed by atoms with van der Waals surface area (Å²) < 4.78 is 4.84. The highest BCUT2D eigenvalue weighted by atomic mass is 16.5. The molecule has 1 heterocycles. The molecule has 0 bridgehead atoms. The van der Waals surface area contributed by atoms with E-state index in [0.717, 1.165) is 12.0 Å². The minimum absolute atomic E-state index is 0.222. The SMILES string of the molecule is CCOC(=O)CCNc1nc(CC)nc(N)c1C. The lowest BCUT2D eigenvalue weighted by atomic mass is 10.3. The number of rotatable bonds is 6. The number of nitrogen functional groups attached to an aromatic ring is 1. The molecule has 1 aromatic heterocycles. The number of aryl methyl sites for hydroxylation is 1. The van der Waals surface area contributed by atoms with Gasteiger partial charge in [-0.2, -0.15) is 0 Å². The average molecular weight is 252 g/mol. The van der Waals surface area contributed by atoms with E-state index in [1.807, 2.05) is 13.8 Å². The van der Waals surface area contributed by atoms with Crippen molar-refractivity contribution in [2.45, 2.75) is 33.6 Å². The molecule has 1 rings (SSSR count). The molecule has 6 heteroatoms. The van der Waals surface area contributed by atoms with Crippen molar-refractivity contribution in [3.63, 3.8) is 0 Å². The zero-order valence-corrected chi connectivity index (χ0v) is 11.1. The number of anilines is 2. The number of esters is 1. The molecule has 0 radical (unpaired) electrons. The van der Waals surface area contributed by atoms with Crippen molar-refractivity contribution < 1.29 is 9.53 Å². The van der Waals surface area contributed by atoms with E-state index in [4.69, 9.17) is 10.5 Å². The molecule has 0 fully saturated rings. The van der Waals surface area contributed by atoms with Crippen LogP contribution in [0.15, 0.2) is 0 Å². The highest BCUT2D eigenvalue weighted by molar-refractivity contribution is 5.70. The van der Waals surface area contributed by atoms with Crippen LogP contribution in [0.5, 0.6) is 0 Å². The number of nitrogens with two attached hydrogens (primary N) is 1. The molecular weight excluding hydrogens is 232 g/mol. The molecule has 0 aromatic carbocycles. The number of ether oxygens (including phenoxy) is 1. The normalized spacial score (nSPS) is 10.2. The van der Waals surface area contributed by atoms with Gasteiger partial charge in [0, 0.05) is 18.5 Å². The quantitative estimate of drug-likeness (QED) is 0.741. The third-order valence-electron chi connectivity index (χ3n) is 2.47. The Bertz CT molecular complexity index is 421. The molecule has 0 amide bonds. The van der Waals surface area contributed by atoms with Crippen LogP contribution in [0.2, 0.25) is 0 Å². The Balaban J connectivity index is 2.61. The minimum atomic E-state index is -0.222. The summed E-state index contributed by atoms with van der Waals surface area (Å²) >= 11 is 0. The molecule has 18 heavy (non-hydrogen) atoms. The summed E-state index contributed by atoms with van der Waals surface area (Å²) in [5.41, 5.74) is 6.60. The van der Waals surface area contributed by atoms with Crippen LogP contribution >= 0.6 is 0 Å². The standard InChI is InChI=1S/C12H20N4O2/c1-4-9-15-11(13)8(3)12(16-9)14-7-6-10(17)18-5-2/h4-7H2,1-3H3,(H3,13,14,15,16). The first-order valence-electron chi connectivity index (χ1n) is 6.10. The molecule has 3 N–H and O–H groups in total. The van der Waals surface area contributed by atoms with Gasteiger partial charge in [0.25, 0.3) is 0 Å². The van der Waals surface area contributed by atoms with Crippen molar-refractivity contribution in [2.75, 3.05) is 24.2 Å². The molecule has 0 unspecified atom stereocenters. The fourth-order valence-corrected chi connectivity index (χ4v) is 1.43. The van der Waals surface area contributed by atoms with Crippen molar-refractivity contribution in [1.82, 2.24) is 9.97 Å². The van der Waals surface area contributed by atoms with Crippen LogP contribution in [0.3, 0.4) is 0 Å². The van der Waals surface area contributed by atoms with Gasteiger partial charge in [-0.3, -0.25) is 4.79 Å². The van der Waals surface area contributed by atoms with E-state index in [1.54, 1.807) is 6.92 Å². The van der Waals surface area contributed by atoms with Crippen molar-refractivity contribution in [3.8, 4) is 0 Å². The Kier molecular flexibility index (Phi) is 5.35. The van der Waals surface area contributed by atoms with Gasteiger partial charge in [0.2, 0.25) is 0 Å². The lowest BCUT2D eigenvalue weighted by Crippen LogP contribution is -2.14. The van der Waals surface area contributed by atoms with Crippen LogP contribution in [0, 0.1) is 6.92 Å². The monoisotopic (exact) mass is 252 g/mol. The first kappa shape index (κ1) is 14.2. The van der Waals surface area contributed by atoms with Crippen molar-refractivity contribution in [2.24, 2.45) is 0 Å². The molecule has 6 nitrogen and oxygen atoms in total. The Morgan fingerprint density at radius 2 is 2.11 bits per heavy atom. The Morgan fingerprint density at radius 3 is 2.72 bits per heavy atom. The predicted molar refractivity (Wildman–Crippen MR) is 70.3 cm³/mol. The highest BCUT2D eigenvalue weighted by Crippen LogP contribution is 2.17. The van der Waals surface area contributed by atoms with Crippen LogP contribution < -0.4 is 11.1 Å². The molecule has 0 saturated heterocycles. The summed E-state index contributed by atoms with van der Waals surface area (Å²) in [6.45, 7) is 6.47. The van der Waals surface area contributed by atoms with Gasteiger partial charge in [-0.25, -0.2) is 9.97 Å². The average Bonchev–Trinajstić information content (AvgIpc) is 2.34. The summed E-state index contributed by atoms with van der Waals surface area (Å²) in [5, 5.41) is 3.09. The summed E-state index contributed by atoms with van der Waals surface area (Å²) in [4.78, 5) is 19.7. The third kappa shape index (κ3) is 3.87. The van der Waals surface area contributed by atoms with Gasteiger partial charge in [-0.05, 0) is 13.8 Å². The van der Waals surface area contributed by atoms with E-state index in [2.05, 4.69) is 15.3 Å². The number of hydrogen-bond donors (Lipinski definition) is 2. The van der Waals surface area contributed by atoms with E-state index in [0.29, 0.717) is 37.0 Å². The maximum atomic E-state index is 11.2. The van der Waals surface area contributed by atoms with Gasteiger partial charge in [-0.15, -0.1) is 0 Å². The van der Waals surface area contributed by atoms with Gasteiger partial charge in [-0.1, -0.05) is 6.92 Å². The van der Waals surface area contributed by atoms with Crippen LogP contribution in [-0.4, -0.2) is 29.1 Å². The Labute approximate surface area is 107 Å². The third-order valence-corrected chi connectivity index (χ3v) is 2.47. The summed E-state index contributed by atoms with van der Waals surface area (Å²) in [7, 11) is 0. The maximum Gasteiger partial charge on any atom is 0.307 e. The number of nitrogens with zero attached hydrogens (tertiary/aromatic N) is 2. The van der Waals surface area contributed by atoms with E-state index < -0.39 is 0 Å². The topological polar surface area (TPSA) is 90.1 Å². The second kappa shape index (κ2) is 6.78. The van der Waals surface area contributed by atoms with Crippen molar-refractivity contribution in [3.05, 3.63) is 11.4 Å². The van der Waals surface area contributed by atoms with Crippen molar-refractivity contribution in [1.29, 1.82) is 0 Å². The molecule has 0 saturated carbocycles. The second-order valence-electron chi connectivity index (χ2n) is 3.83. The lowest BCUT2D eigenvalue weighted by molar-refractivity contribution is -0.142. The zero-order valence-electron chi connectivity index (χ0n) is 11.1. The summed E-state index contributed by atoms with van der Waals surface area (Å²) in [6, 6.07) is 0. The largest absolute Gasteiger partial charge is 0.466 e. The number of hydrogen-bond acceptors (Lipinski definition) is 6. The molecule has 0 aliphatic heterocycles. The maximum absolute atomic E-state index is 11.2. The molecular formula is C12H20N4O2. The first-order valence-corrected chi connectivity index (χ1v) is 6.10. The highest BCUT2D eigenvalue weighted by Gasteiger charge is 2.08. The van der Waals surface area contributed by atoms with Crippen LogP contribution in [0.4, 0.5) is 11.6 Å². The zero-order chi connectivity index (χ0) is 13.5. The molecule has 0 spiro atoms. The van der Waals surface area contributed by atoms with Gasteiger partial charge in [0.15, 0.2) is 0 Å². The van der Waals surface area contributed by atoms with Gasteiger partial charge in [0.05, 0.1) is 13.0 Å². The smallest absolute Gasteiger partial charge is 0.307 e. The Morgan fingerprint density at radius 1 is 1.39 bits per heavy atom. The molecule has 0 atom stereocenters. The van der Waals surface area contributed by atoms with E-state index in [-0.39, 0.29) is 5.97 Å². The fourth-order valence-electron chi connectivity index (χ4n) is 1.43. The number of nitrogens with one attached hydrogen (secondary N) is 1. The predicted octanol–water partition coefficient (Wildman–Crippen LogP) is 1.29. The summed E-state index contributed by atoms with van der Waals surface area (Å²) in [5.74, 6) is 1.63. The van der Waals surface area contributed by atoms with Crippen LogP contribution in [0.25, 0.3) is 0 Å². The van der Waals surface area contributed by atoms with Gasteiger partial charge < -0.3 is 15.8 Å². The first-order chi connectivity index (χ1) is 8.58. The second-order valence-corrected chi connectivity index (χ2v) is 3.83. The fraction of sp³-hybridized carbons (Fsp3) is 0.583. The van der Waals surface area contributed by atoms with Gasteiger partial charge in [0.1, 0.15) is 17.5 Å². The molecule has 0 aliphatic rings. The minimum Gasteiger partial charge on any atom is -0.466 e. The van der Waals surface area contributed by atoms with Crippen LogP contribution in [0.1, 0.15) is 31.7 Å². The molecule has 1 aromatic rings. The summed E-state index contributed by atoms with van der Waals surface area (Å²) in [6.07, 6.45) is 1.02. The Hall–Kier alpha value is -1.85. The van der Waals surface area contributed by atoms with E-state index >= 15 is 0 Å². The van der Waals surface area contributed by atoms with Crippen LogP contribution in [-0.2, 0) is 16.0 Å². The van der Waals surface area contributed by atoms with E-state index in [1.165, 1.54) is 0 Å². The molecule has 100 valence electrons. The number of aromatic nitrogens is 2. The number of carbonyl (C=O) groups is 1. The molecule has 0 aliphatic carbocycles.